The van der Waals surface area contributed by atoms with Crippen LogP contribution in [0.1, 0.15) is 17.0 Å². The van der Waals surface area contributed by atoms with Crippen molar-refractivity contribution in [2.24, 2.45) is 0 Å². The highest BCUT2D eigenvalue weighted by atomic mass is 35.5. The van der Waals surface area contributed by atoms with Gasteiger partial charge in [0.25, 0.3) is 5.56 Å². The Balaban J connectivity index is 1.32. The molecule has 0 atom stereocenters. The molecule has 4 aromatic rings. The molecule has 0 aliphatic carbocycles. The van der Waals surface area contributed by atoms with Crippen LogP contribution in [0, 0.1) is 0 Å². The molecule has 4 heterocycles. The van der Waals surface area contributed by atoms with Gasteiger partial charge in [0.2, 0.25) is 0 Å². The maximum atomic E-state index is 12.7. The van der Waals surface area contributed by atoms with Gasteiger partial charge in [-0.25, -0.2) is 4.98 Å². The summed E-state index contributed by atoms with van der Waals surface area (Å²) in [4.78, 5) is 23.5. The predicted octanol–water partition coefficient (Wildman–Crippen LogP) is 4.98. The molecule has 0 fully saturated rings. The van der Waals surface area contributed by atoms with Gasteiger partial charge in [-0.15, -0.1) is 11.3 Å². The van der Waals surface area contributed by atoms with E-state index in [1.807, 2.05) is 47.8 Å². The van der Waals surface area contributed by atoms with Gasteiger partial charge in [-0.2, -0.15) is 0 Å². The van der Waals surface area contributed by atoms with Crippen LogP contribution >= 0.6 is 22.9 Å². The monoisotopic (exact) mass is 453 g/mol. The SMILES string of the molecule is COc1ccc(-c2ccc(CN3CCc4nc(-c5cccs5)[nH]c(=O)c4C3)o2)cc1Cl. The number of thiophene rings is 1. The zero-order chi connectivity index (χ0) is 21.4. The average Bonchev–Trinajstić information content (AvgIpc) is 3.46. The molecule has 31 heavy (non-hydrogen) atoms. The van der Waals surface area contributed by atoms with Crippen molar-refractivity contribution in [3.63, 3.8) is 0 Å². The third kappa shape index (κ3) is 4.04. The van der Waals surface area contributed by atoms with Gasteiger partial charge in [0.1, 0.15) is 17.3 Å². The van der Waals surface area contributed by atoms with Crippen molar-refractivity contribution in [3.05, 3.63) is 80.2 Å². The zero-order valence-corrected chi connectivity index (χ0v) is 18.4. The molecule has 0 saturated heterocycles. The molecule has 0 bridgehead atoms. The molecule has 1 aromatic carbocycles. The summed E-state index contributed by atoms with van der Waals surface area (Å²) < 4.78 is 11.3. The van der Waals surface area contributed by atoms with Crippen molar-refractivity contribution in [3.8, 4) is 27.8 Å². The Morgan fingerprint density at radius 2 is 2.19 bits per heavy atom. The predicted molar refractivity (Wildman–Crippen MR) is 122 cm³/mol. The lowest BCUT2D eigenvalue weighted by Gasteiger charge is -2.26. The third-order valence-corrected chi connectivity index (χ3v) is 6.55. The van der Waals surface area contributed by atoms with Crippen molar-refractivity contribution in [1.82, 2.24) is 14.9 Å². The molecule has 5 rings (SSSR count). The number of hydrogen-bond donors (Lipinski definition) is 1. The van der Waals surface area contributed by atoms with Gasteiger partial charge >= 0.3 is 0 Å². The fourth-order valence-corrected chi connectivity index (χ4v) is 4.73. The molecule has 1 aliphatic heterocycles. The number of aromatic amines is 1. The maximum Gasteiger partial charge on any atom is 0.255 e. The normalized spacial score (nSPS) is 13.9. The molecule has 0 spiro atoms. The van der Waals surface area contributed by atoms with E-state index in [4.69, 9.17) is 25.7 Å². The van der Waals surface area contributed by atoms with E-state index in [-0.39, 0.29) is 5.56 Å². The van der Waals surface area contributed by atoms with E-state index in [0.717, 1.165) is 46.2 Å². The summed E-state index contributed by atoms with van der Waals surface area (Å²) in [6, 6.07) is 13.4. The number of nitrogens with one attached hydrogen (secondary N) is 1. The highest BCUT2D eigenvalue weighted by molar-refractivity contribution is 7.13. The summed E-state index contributed by atoms with van der Waals surface area (Å²) in [7, 11) is 1.59. The number of aromatic nitrogens is 2. The highest BCUT2D eigenvalue weighted by Gasteiger charge is 2.22. The van der Waals surface area contributed by atoms with Gasteiger partial charge in [0, 0.05) is 25.1 Å². The molecule has 1 aliphatic rings. The zero-order valence-electron chi connectivity index (χ0n) is 16.9. The number of benzene rings is 1. The van der Waals surface area contributed by atoms with E-state index >= 15 is 0 Å². The van der Waals surface area contributed by atoms with Crippen molar-refractivity contribution in [2.75, 3.05) is 13.7 Å². The number of halogens is 1. The fourth-order valence-electron chi connectivity index (χ4n) is 3.80. The van der Waals surface area contributed by atoms with E-state index < -0.39 is 0 Å². The molecule has 0 unspecified atom stereocenters. The molecule has 8 heteroatoms. The summed E-state index contributed by atoms with van der Waals surface area (Å²) in [6.45, 7) is 1.99. The number of ether oxygens (including phenoxy) is 1. The van der Waals surface area contributed by atoms with Crippen LogP contribution in [0.3, 0.4) is 0 Å². The number of fused-ring (bicyclic) bond motifs is 1. The topological polar surface area (TPSA) is 71.4 Å². The molecule has 0 saturated carbocycles. The summed E-state index contributed by atoms with van der Waals surface area (Å²) in [5, 5.41) is 2.52. The van der Waals surface area contributed by atoms with Gasteiger partial charge < -0.3 is 14.1 Å². The smallest absolute Gasteiger partial charge is 0.255 e. The standard InChI is InChI=1S/C23H20ClN3O3S/c1-29-20-6-4-14(11-17(20)24)19-7-5-15(30-19)12-27-9-8-18-16(13-27)23(28)26-22(25-18)21-3-2-10-31-21/h2-7,10-11H,8-9,12-13H2,1H3,(H,25,26,28). The summed E-state index contributed by atoms with van der Waals surface area (Å²) in [5.74, 6) is 2.87. The van der Waals surface area contributed by atoms with Crippen molar-refractivity contribution < 1.29 is 9.15 Å². The maximum absolute atomic E-state index is 12.7. The Kier molecular flexibility index (Phi) is 5.40. The van der Waals surface area contributed by atoms with E-state index in [2.05, 4.69) is 9.88 Å². The molecule has 0 amide bonds. The lowest BCUT2D eigenvalue weighted by atomic mass is 10.1. The Hall–Kier alpha value is -2.87. The molecule has 3 aromatic heterocycles. The summed E-state index contributed by atoms with van der Waals surface area (Å²) >= 11 is 7.81. The minimum absolute atomic E-state index is 0.0638. The second kappa shape index (κ2) is 8.34. The Labute approximate surface area is 188 Å². The first-order valence-electron chi connectivity index (χ1n) is 9.91. The minimum Gasteiger partial charge on any atom is -0.495 e. The lowest BCUT2D eigenvalue weighted by Crippen LogP contribution is -2.35. The van der Waals surface area contributed by atoms with Gasteiger partial charge in [-0.1, -0.05) is 17.7 Å². The van der Waals surface area contributed by atoms with E-state index in [1.165, 1.54) is 0 Å². The first-order valence-corrected chi connectivity index (χ1v) is 11.2. The molecule has 6 nitrogen and oxygen atoms in total. The van der Waals surface area contributed by atoms with Crippen LogP contribution in [-0.4, -0.2) is 28.5 Å². The van der Waals surface area contributed by atoms with E-state index in [1.54, 1.807) is 18.4 Å². The second-order valence-electron chi connectivity index (χ2n) is 7.39. The minimum atomic E-state index is -0.0638. The van der Waals surface area contributed by atoms with Crippen LogP contribution in [0.2, 0.25) is 5.02 Å². The highest BCUT2D eigenvalue weighted by Crippen LogP contribution is 2.31. The first kappa shape index (κ1) is 20.1. The Bertz CT molecular complexity index is 1280. The van der Waals surface area contributed by atoms with Crippen LogP contribution in [0.25, 0.3) is 22.0 Å². The lowest BCUT2D eigenvalue weighted by molar-refractivity contribution is 0.223. The molecule has 158 valence electrons. The van der Waals surface area contributed by atoms with Crippen molar-refractivity contribution >= 4 is 22.9 Å². The number of hydrogen-bond acceptors (Lipinski definition) is 6. The first-order chi connectivity index (χ1) is 15.1. The number of H-pyrrole nitrogens is 1. The number of methoxy groups -OCH3 is 1. The Morgan fingerprint density at radius 3 is 2.97 bits per heavy atom. The summed E-state index contributed by atoms with van der Waals surface area (Å²) in [6.07, 6.45) is 0.735. The summed E-state index contributed by atoms with van der Waals surface area (Å²) in [5.41, 5.74) is 2.45. The van der Waals surface area contributed by atoms with Crippen LogP contribution in [0.4, 0.5) is 0 Å². The number of rotatable bonds is 5. The molecular formula is C23H20ClN3O3S. The molecular weight excluding hydrogens is 434 g/mol. The number of furan rings is 1. The van der Waals surface area contributed by atoms with E-state index in [0.29, 0.717) is 29.7 Å². The van der Waals surface area contributed by atoms with Crippen LogP contribution in [0.15, 0.2) is 57.1 Å². The van der Waals surface area contributed by atoms with Gasteiger partial charge in [-0.05, 0) is 41.8 Å². The van der Waals surface area contributed by atoms with Gasteiger partial charge in [0.15, 0.2) is 5.82 Å². The van der Waals surface area contributed by atoms with Gasteiger partial charge in [-0.3, -0.25) is 9.69 Å². The second-order valence-corrected chi connectivity index (χ2v) is 8.75. The third-order valence-electron chi connectivity index (χ3n) is 5.38. The Morgan fingerprint density at radius 1 is 1.29 bits per heavy atom. The van der Waals surface area contributed by atoms with Crippen LogP contribution in [-0.2, 0) is 19.5 Å². The van der Waals surface area contributed by atoms with E-state index in [9.17, 15) is 4.79 Å². The average molecular weight is 454 g/mol. The largest absolute Gasteiger partial charge is 0.495 e. The quantitative estimate of drug-likeness (QED) is 0.461. The van der Waals surface area contributed by atoms with Gasteiger partial charge in [0.05, 0.1) is 34.8 Å². The van der Waals surface area contributed by atoms with Crippen LogP contribution < -0.4 is 10.3 Å². The number of nitrogens with zero attached hydrogens (tertiary/aromatic N) is 2. The molecule has 0 radical (unpaired) electrons. The van der Waals surface area contributed by atoms with Crippen molar-refractivity contribution in [1.29, 1.82) is 0 Å². The fraction of sp³-hybridized carbons (Fsp3) is 0.217. The van der Waals surface area contributed by atoms with Crippen LogP contribution in [0.5, 0.6) is 5.75 Å². The van der Waals surface area contributed by atoms with Crippen molar-refractivity contribution in [2.45, 2.75) is 19.5 Å². The molecule has 1 N–H and O–H groups in total.